The van der Waals surface area contributed by atoms with Crippen molar-refractivity contribution in [3.63, 3.8) is 0 Å². The molecule has 1 aliphatic carbocycles. The molecule has 2 N–H and O–H groups in total. The molecule has 1 aromatic heterocycles. The van der Waals surface area contributed by atoms with Crippen LogP contribution in [0.4, 0.5) is 0 Å². The van der Waals surface area contributed by atoms with Gasteiger partial charge in [0.1, 0.15) is 5.75 Å². The van der Waals surface area contributed by atoms with E-state index < -0.39 is 24.2 Å². The summed E-state index contributed by atoms with van der Waals surface area (Å²) >= 11 is 0. The lowest BCUT2D eigenvalue weighted by molar-refractivity contribution is -0.166. The summed E-state index contributed by atoms with van der Waals surface area (Å²) in [7, 11) is 1.45. The van der Waals surface area contributed by atoms with Crippen molar-refractivity contribution in [2.75, 3.05) is 13.7 Å². The lowest BCUT2D eigenvalue weighted by Crippen LogP contribution is -2.23. The number of esters is 2. The number of carboxylic acids is 1. The number of amides is 1. The Labute approximate surface area is 228 Å². The van der Waals surface area contributed by atoms with Crippen molar-refractivity contribution in [3.05, 3.63) is 53.4 Å². The Morgan fingerprint density at radius 1 is 1.15 bits per heavy atom. The zero-order valence-electron chi connectivity index (χ0n) is 23.0. The number of carbonyl (C=O) groups is 4. The van der Waals surface area contributed by atoms with E-state index in [1.54, 1.807) is 19.1 Å². The van der Waals surface area contributed by atoms with Crippen molar-refractivity contribution < 1.29 is 38.5 Å². The van der Waals surface area contributed by atoms with Gasteiger partial charge in [-0.3, -0.25) is 9.59 Å². The minimum Gasteiger partial charge on any atom is -0.496 e. The maximum atomic E-state index is 12.9. The maximum absolute atomic E-state index is 12.9. The number of nitrogens with zero attached hydrogens (tertiary/aromatic N) is 1. The Bertz CT molecular complexity index is 1200. The number of ether oxygens (including phenoxy) is 3. The summed E-state index contributed by atoms with van der Waals surface area (Å²) in [6.07, 6.45) is 3.90. The second-order valence-electron chi connectivity index (χ2n) is 9.53. The number of aryl methyl sites for hydroxylation is 1. The van der Waals surface area contributed by atoms with E-state index in [1.807, 2.05) is 13.8 Å². The number of rotatable bonds is 12. The molecule has 10 heteroatoms. The quantitative estimate of drug-likeness (QED) is 0.224. The SMILES string of the molecule is C=Cc1cc(C(=O)O)c(-c2ccc(C)nc2C(=O)OC(C)OC(=O)CC(C)C)cc1OC.O=CNCC1CC1. The fourth-order valence-corrected chi connectivity index (χ4v) is 3.60. The van der Waals surface area contributed by atoms with Gasteiger partial charge >= 0.3 is 17.9 Å². The van der Waals surface area contributed by atoms with Gasteiger partial charge in [-0.25, -0.2) is 14.6 Å². The van der Waals surface area contributed by atoms with Crippen molar-refractivity contribution in [3.8, 4) is 16.9 Å². The first-order valence-corrected chi connectivity index (χ1v) is 12.6. The molecular formula is C29H36N2O8. The molecule has 0 bridgehead atoms. The number of carbonyl (C=O) groups excluding carboxylic acids is 3. The summed E-state index contributed by atoms with van der Waals surface area (Å²) in [5, 5.41) is 12.4. The largest absolute Gasteiger partial charge is 0.496 e. The molecule has 1 heterocycles. The average molecular weight is 541 g/mol. The second kappa shape index (κ2) is 14.7. The van der Waals surface area contributed by atoms with Gasteiger partial charge in [-0.05, 0) is 49.8 Å². The third-order valence-electron chi connectivity index (χ3n) is 5.67. The molecule has 1 unspecified atom stereocenters. The first-order chi connectivity index (χ1) is 18.5. The third-order valence-corrected chi connectivity index (χ3v) is 5.67. The Hall–Kier alpha value is -4.21. The van der Waals surface area contributed by atoms with Crippen LogP contribution in [0.15, 0.2) is 30.8 Å². The number of aromatic carboxylic acids is 1. The molecule has 1 atom stereocenters. The molecule has 1 saturated carbocycles. The lowest BCUT2D eigenvalue weighted by atomic mass is 9.95. The predicted molar refractivity (Wildman–Crippen MR) is 145 cm³/mol. The van der Waals surface area contributed by atoms with Crippen LogP contribution < -0.4 is 10.1 Å². The van der Waals surface area contributed by atoms with Gasteiger partial charge in [0.15, 0.2) is 5.69 Å². The van der Waals surface area contributed by atoms with Crippen molar-refractivity contribution in [2.45, 2.75) is 53.2 Å². The van der Waals surface area contributed by atoms with Crippen LogP contribution in [0.2, 0.25) is 0 Å². The number of aromatic nitrogens is 1. The Morgan fingerprint density at radius 3 is 2.38 bits per heavy atom. The van der Waals surface area contributed by atoms with Crippen LogP contribution in [-0.2, 0) is 19.1 Å². The average Bonchev–Trinajstić information content (AvgIpc) is 3.70. The predicted octanol–water partition coefficient (Wildman–Crippen LogP) is 4.64. The number of carboxylic acid groups (broad SMARTS) is 1. The van der Waals surface area contributed by atoms with E-state index >= 15 is 0 Å². The number of hydrogen-bond donors (Lipinski definition) is 2. The van der Waals surface area contributed by atoms with Crippen LogP contribution in [0.5, 0.6) is 5.75 Å². The molecule has 1 aliphatic rings. The number of pyridine rings is 1. The van der Waals surface area contributed by atoms with Gasteiger partial charge in [-0.15, -0.1) is 0 Å². The van der Waals surface area contributed by atoms with Crippen LogP contribution in [0.3, 0.4) is 0 Å². The van der Waals surface area contributed by atoms with Gasteiger partial charge in [-0.2, -0.15) is 0 Å². The van der Waals surface area contributed by atoms with E-state index in [4.69, 9.17) is 14.2 Å². The molecule has 210 valence electrons. The van der Waals surface area contributed by atoms with Crippen LogP contribution in [-0.4, -0.2) is 54.4 Å². The first-order valence-electron chi connectivity index (χ1n) is 12.6. The van der Waals surface area contributed by atoms with E-state index in [-0.39, 0.29) is 34.7 Å². The van der Waals surface area contributed by atoms with Crippen LogP contribution in [0.1, 0.15) is 72.1 Å². The van der Waals surface area contributed by atoms with E-state index in [0.29, 0.717) is 17.0 Å². The van der Waals surface area contributed by atoms with Gasteiger partial charge in [0.05, 0.1) is 12.7 Å². The smallest absolute Gasteiger partial charge is 0.360 e. The van der Waals surface area contributed by atoms with Gasteiger partial charge in [0.2, 0.25) is 12.7 Å². The fraction of sp³-hybridized carbons (Fsp3) is 0.414. The van der Waals surface area contributed by atoms with E-state index in [1.165, 1.54) is 45.1 Å². The molecule has 0 spiro atoms. The molecule has 0 radical (unpaired) electrons. The van der Waals surface area contributed by atoms with E-state index in [9.17, 15) is 24.3 Å². The molecule has 10 nitrogen and oxygen atoms in total. The maximum Gasteiger partial charge on any atom is 0.360 e. The highest BCUT2D eigenvalue weighted by atomic mass is 16.7. The van der Waals surface area contributed by atoms with E-state index in [0.717, 1.165) is 18.9 Å². The molecular weight excluding hydrogens is 504 g/mol. The van der Waals surface area contributed by atoms with E-state index in [2.05, 4.69) is 16.9 Å². The van der Waals surface area contributed by atoms with Crippen molar-refractivity contribution in [1.82, 2.24) is 10.3 Å². The van der Waals surface area contributed by atoms with Gasteiger partial charge in [-0.1, -0.05) is 32.6 Å². The van der Waals surface area contributed by atoms with Gasteiger partial charge in [0, 0.05) is 42.3 Å². The normalized spacial score (nSPS) is 12.9. The fourth-order valence-electron chi connectivity index (χ4n) is 3.60. The van der Waals surface area contributed by atoms with Crippen LogP contribution in [0.25, 0.3) is 17.2 Å². The molecule has 1 fully saturated rings. The molecule has 0 aliphatic heterocycles. The summed E-state index contributed by atoms with van der Waals surface area (Å²) in [5.74, 6) is -1.24. The summed E-state index contributed by atoms with van der Waals surface area (Å²) in [5.41, 5.74) is 1.32. The van der Waals surface area contributed by atoms with Gasteiger partial charge < -0.3 is 24.6 Å². The first kappa shape index (κ1) is 31.0. The summed E-state index contributed by atoms with van der Waals surface area (Å²) < 4.78 is 15.7. The monoisotopic (exact) mass is 540 g/mol. The molecule has 2 aromatic rings. The standard InChI is InChI=1S/C24H27NO7.C5H9NO/c1-7-16-11-19(23(27)28)18(12-20(16)30-6)17-9-8-14(4)25-22(17)24(29)32-15(5)31-21(26)10-13(2)3;7-4-6-3-5-1-2-5/h7-9,11-13,15H,1,10H2,2-6H3,(H,27,28);4-5H,1-3H2,(H,6,7). The molecule has 1 amide bonds. The van der Waals surface area contributed by atoms with Crippen molar-refractivity contribution in [2.24, 2.45) is 11.8 Å². The summed E-state index contributed by atoms with van der Waals surface area (Å²) in [4.78, 5) is 50.6. The zero-order valence-corrected chi connectivity index (χ0v) is 23.0. The minimum absolute atomic E-state index is 0.0585. The number of nitrogens with one attached hydrogen (secondary N) is 1. The van der Waals surface area contributed by atoms with Crippen molar-refractivity contribution >= 4 is 30.4 Å². The minimum atomic E-state index is -1.19. The number of hydrogen-bond acceptors (Lipinski definition) is 8. The Balaban J connectivity index is 0.000000658. The highest BCUT2D eigenvalue weighted by Gasteiger charge is 2.25. The lowest BCUT2D eigenvalue weighted by Gasteiger charge is -2.17. The number of methoxy groups -OCH3 is 1. The van der Waals surface area contributed by atoms with Crippen LogP contribution in [0, 0.1) is 18.8 Å². The highest BCUT2D eigenvalue weighted by molar-refractivity contribution is 6.02. The molecule has 1 aromatic carbocycles. The summed E-state index contributed by atoms with van der Waals surface area (Å²) in [6, 6.07) is 6.16. The van der Waals surface area contributed by atoms with Crippen molar-refractivity contribution in [1.29, 1.82) is 0 Å². The molecule has 39 heavy (non-hydrogen) atoms. The summed E-state index contributed by atoms with van der Waals surface area (Å²) in [6.45, 7) is 11.4. The number of benzene rings is 1. The zero-order chi connectivity index (χ0) is 29.1. The third kappa shape index (κ3) is 9.55. The Kier molecular flexibility index (Phi) is 11.7. The Morgan fingerprint density at radius 2 is 1.85 bits per heavy atom. The van der Waals surface area contributed by atoms with Gasteiger partial charge in [0.25, 0.3) is 0 Å². The molecule has 0 saturated heterocycles. The van der Waals surface area contributed by atoms with Crippen LogP contribution >= 0.6 is 0 Å². The second-order valence-corrected chi connectivity index (χ2v) is 9.53. The topological polar surface area (TPSA) is 141 Å². The highest BCUT2D eigenvalue weighted by Crippen LogP contribution is 2.34. The molecule has 3 rings (SSSR count).